The minimum atomic E-state index is -0.885. The normalized spacial score (nSPS) is 14.3. The molecule has 0 spiro atoms. The molecule has 1 N–H and O–H groups in total. The van der Waals surface area contributed by atoms with Gasteiger partial charge in [0.15, 0.2) is 0 Å². The van der Waals surface area contributed by atoms with Gasteiger partial charge in [-0.1, -0.05) is 36.4 Å². The van der Waals surface area contributed by atoms with E-state index in [-0.39, 0.29) is 5.91 Å². The average molecular weight is 352 g/mol. The highest BCUT2D eigenvalue weighted by Gasteiger charge is 2.40. The number of amides is 3. The number of fused-ring (bicyclic) bond motifs is 1. The summed E-state index contributed by atoms with van der Waals surface area (Å²) in [5.74, 6) is -1.25. The summed E-state index contributed by atoms with van der Waals surface area (Å²) in [6.07, 6.45) is 0. The molecule has 0 radical (unpaired) electrons. The molecule has 26 heavy (non-hydrogen) atoms. The van der Waals surface area contributed by atoms with Gasteiger partial charge >= 0.3 is 0 Å². The minimum Gasteiger partial charge on any atom is -0.380 e. The largest absolute Gasteiger partial charge is 0.380 e. The smallest absolute Gasteiger partial charge is 0.262 e. The molecular weight excluding hydrogens is 332 g/mol. The van der Waals surface area contributed by atoms with Gasteiger partial charge in [-0.15, -0.1) is 0 Å². The van der Waals surface area contributed by atoms with Crippen LogP contribution in [0.25, 0.3) is 0 Å². The van der Waals surface area contributed by atoms with E-state index in [4.69, 9.17) is 4.74 Å². The number of benzene rings is 2. The van der Waals surface area contributed by atoms with Crippen LogP contribution in [-0.4, -0.2) is 35.8 Å². The number of imide groups is 1. The average Bonchev–Trinajstić information content (AvgIpc) is 2.91. The van der Waals surface area contributed by atoms with Crippen molar-refractivity contribution in [1.82, 2.24) is 10.2 Å². The quantitative estimate of drug-likeness (QED) is 0.808. The molecule has 1 atom stereocenters. The number of carbonyl (C=O) groups excluding carboxylic acids is 3. The van der Waals surface area contributed by atoms with E-state index >= 15 is 0 Å². The van der Waals surface area contributed by atoms with E-state index < -0.39 is 17.9 Å². The Morgan fingerprint density at radius 2 is 1.65 bits per heavy atom. The summed E-state index contributed by atoms with van der Waals surface area (Å²) in [4.78, 5) is 38.4. The zero-order valence-electron chi connectivity index (χ0n) is 14.7. The van der Waals surface area contributed by atoms with Crippen molar-refractivity contribution < 1.29 is 19.1 Å². The molecule has 0 fully saturated rings. The van der Waals surface area contributed by atoms with Gasteiger partial charge < -0.3 is 10.1 Å². The van der Waals surface area contributed by atoms with Crippen LogP contribution in [0.5, 0.6) is 0 Å². The summed E-state index contributed by atoms with van der Waals surface area (Å²) in [6, 6.07) is 13.4. The molecular formula is C20H20N2O4. The van der Waals surface area contributed by atoms with E-state index in [1.165, 1.54) is 0 Å². The molecule has 1 aliphatic rings. The predicted molar refractivity (Wildman–Crippen MR) is 95.4 cm³/mol. The van der Waals surface area contributed by atoms with Gasteiger partial charge in [-0.25, -0.2) is 0 Å². The number of ether oxygens (including phenoxy) is 1. The lowest BCUT2D eigenvalue weighted by Crippen LogP contribution is -2.47. The van der Waals surface area contributed by atoms with Crippen molar-refractivity contribution in [3.05, 3.63) is 70.8 Å². The molecule has 0 saturated heterocycles. The van der Waals surface area contributed by atoms with Crippen molar-refractivity contribution in [2.24, 2.45) is 0 Å². The second-order valence-corrected chi connectivity index (χ2v) is 6.17. The Balaban J connectivity index is 1.66. The molecule has 0 aliphatic carbocycles. The fraction of sp³-hybridized carbons (Fsp3) is 0.250. The lowest BCUT2D eigenvalue weighted by atomic mass is 10.1. The van der Waals surface area contributed by atoms with Crippen LogP contribution < -0.4 is 5.32 Å². The molecule has 0 bridgehead atoms. The van der Waals surface area contributed by atoms with E-state index in [2.05, 4.69) is 5.32 Å². The van der Waals surface area contributed by atoms with Crippen LogP contribution in [0.1, 0.15) is 38.8 Å². The van der Waals surface area contributed by atoms with Gasteiger partial charge in [-0.05, 0) is 30.2 Å². The number of hydrogen-bond donors (Lipinski definition) is 1. The van der Waals surface area contributed by atoms with Crippen LogP contribution in [0.2, 0.25) is 0 Å². The third-order valence-electron chi connectivity index (χ3n) is 4.36. The second-order valence-electron chi connectivity index (χ2n) is 6.17. The second kappa shape index (κ2) is 7.49. The molecule has 6 heteroatoms. The SMILES string of the molecule is COCc1cccc(CNC(=O)C(C)N2C(=O)c3ccccc3C2=O)c1. The fourth-order valence-electron chi connectivity index (χ4n) is 3.01. The number of nitrogens with zero attached hydrogens (tertiary/aromatic N) is 1. The molecule has 2 aromatic carbocycles. The number of nitrogens with one attached hydrogen (secondary N) is 1. The van der Waals surface area contributed by atoms with E-state index in [0.29, 0.717) is 24.3 Å². The maximum atomic E-state index is 12.5. The molecule has 2 aromatic rings. The van der Waals surface area contributed by atoms with E-state index in [9.17, 15) is 14.4 Å². The molecule has 0 saturated carbocycles. The van der Waals surface area contributed by atoms with Gasteiger partial charge in [0.05, 0.1) is 17.7 Å². The highest BCUT2D eigenvalue weighted by Crippen LogP contribution is 2.24. The van der Waals surface area contributed by atoms with E-state index in [1.807, 2.05) is 24.3 Å². The van der Waals surface area contributed by atoms with E-state index in [1.54, 1.807) is 38.3 Å². The van der Waals surface area contributed by atoms with Crippen LogP contribution in [0.15, 0.2) is 48.5 Å². The lowest BCUT2D eigenvalue weighted by molar-refractivity contribution is -0.124. The summed E-state index contributed by atoms with van der Waals surface area (Å²) in [6.45, 7) is 2.36. The topological polar surface area (TPSA) is 75.7 Å². The van der Waals surface area contributed by atoms with Crippen LogP contribution in [0, 0.1) is 0 Å². The third kappa shape index (κ3) is 3.36. The molecule has 1 heterocycles. The Kier molecular flexibility index (Phi) is 5.14. The van der Waals surface area contributed by atoms with Crippen molar-refractivity contribution >= 4 is 17.7 Å². The van der Waals surface area contributed by atoms with Crippen LogP contribution in [0.4, 0.5) is 0 Å². The summed E-state index contributed by atoms with van der Waals surface area (Å²) in [7, 11) is 1.62. The number of methoxy groups -OCH3 is 1. The Hall–Kier alpha value is -2.99. The van der Waals surface area contributed by atoms with Gasteiger partial charge in [0.2, 0.25) is 5.91 Å². The van der Waals surface area contributed by atoms with E-state index in [0.717, 1.165) is 16.0 Å². The molecule has 3 rings (SSSR count). The summed E-state index contributed by atoms with van der Waals surface area (Å²) < 4.78 is 5.10. The first-order valence-corrected chi connectivity index (χ1v) is 8.34. The Morgan fingerprint density at radius 1 is 1.04 bits per heavy atom. The van der Waals surface area contributed by atoms with Crippen LogP contribution in [0.3, 0.4) is 0 Å². The first-order valence-electron chi connectivity index (χ1n) is 8.34. The summed E-state index contributed by atoms with van der Waals surface area (Å²) in [5, 5.41) is 2.79. The monoisotopic (exact) mass is 352 g/mol. The maximum Gasteiger partial charge on any atom is 0.262 e. The zero-order chi connectivity index (χ0) is 18.7. The number of hydrogen-bond acceptors (Lipinski definition) is 4. The summed E-state index contributed by atoms with van der Waals surface area (Å²) >= 11 is 0. The van der Waals surface area contributed by atoms with Crippen LogP contribution >= 0.6 is 0 Å². The van der Waals surface area contributed by atoms with Crippen molar-refractivity contribution in [2.75, 3.05) is 7.11 Å². The van der Waals surface area contributed by atoms with Crippen molar-refractivity contribution in [2.45, 2.75) is 26.1 Å². The van der Waals surface area contributed by atoms with Gasteiger partial charge in [0.1, 0.15) is 6.04 Å². The molecule has 1 aliphatic heterocycles. The van der Waals surface area contributed by atoms with Crippen molar-refractivity contribution in [1.29, 1.82) is 0 Å². The molecule has 6 nitrogen and oxygen atoms in total. The summed E-state index contributed by atoms with van der Waals surface area (Å²) in [5.41, 5.74) is 2.60. The van der Waals surface area contributed by atoms with Crippen molar-refractivity contribution in [3.8, 4) is 0 Å². The number of carbonyl (C=O) groups is 3. The highest BCUT2D eigenvalue weighted by atomic mass is 16.5. The highest BCUT2D eigenvalue weighted by molar-refractivity contribution is 6.22. The maximum absolute atomic E-state index is 12.5. The first kappa shape index (κ1) is 17.8. The first-order chi connectivity index (χ1) is 12.5. The zero-order valence-corrected chi connectivity index (χ0v) is 14.7. The Labute approximate surface area is 151 Å². The number of rotatable bonds is 6. The predicted octanol–water partition coefficient (Wildman–Crippen LogP) is 2.13. The standard InChI is InChI=1S/C20H20N2O4/c1-13(22-19(24)16-8-3-4-9-17(16)20(22)25)18(23)21-11-14-6-5-7-15(10-14)12-26-2/h3-10,13H,11-12H2,1-2H3,(H,21,23). The van der Waals surface area contributed by atoms with Gasteiger partial charge in [0.25, 0.3) is 11.8 Å². The Bertz CT molecular complexity index is 827. The lowest BCUT2D eigenvalue weighted by Gasteiger charge is -2.21. The van der Waals surface area contributed by atoms with Gasteiger partial charge in [-0.2, -0.15) is 0 Å². The Morgan fingerprint density at radius 3 is 2.27 bits per heavy atom. The van der Waals surface area contributed by atoms with Gasteiger partial charge in [-0.3, -0.25) is 19.3 Å². The molecule has 3 amide bonds. The molecule has 0 aromatic heterocycles. The van der Waals surface area contributed by atoms with Crippen molar-refractivity contribution in [3.63, 3.8) is 0 Å². The van der Waals surface area contributed by atoms with Gasteiger partial charge in [0, 0.05) is 13.7 Å². The molecule has 134 valence electrons. The molecule has 1 unspecified atom stereocenters. The third-order valence-corrected chi connectivity index (χ3v) is 4.36. The van der Waals surface area contributed by atoms with Crippen LogP contribution in [-0.2, 0) is 22.7 Å². The minimum absolute atomic E-state index is 0.309. The fourth-order valence-corrected chi connectivity index (χ4v) is 3.01.